The van der Waals surface area contributed by atoms with Crippen LogP contribution in [0.15, 0.2) is 97.6 Å². The molecule has 35 heavy (non-hydrogen) atoms. The Bertz CT molecular complexity index is 1230. The van der Waals surface area contributed by atoms with Crippen LogP contribution in [0.1, 0.15) is 0 Å². The SMILES string of the molecule is C(#COc1cccc(Oc2cccnc2)c1)COCC#COc1cccc(Oc2cccnc2)c1. The van der Waals surface area contributed by atoms with Gasteiger partial charge in [-0.05, 0) is 60.4 Å². The van der Waals surface area contributed by atoms with E-state index in [9.17, 15) is 0 Å². The van der Waals surface area contributed by atoms with Gasteiger partial charge in [0.2, 0.25) is 0 Å². The predicted molar refractivity (Wildman–Crippen MR) is 129 cm³/mol. The number of pyridine rings is 2. The van der Waals surface area contributed by atoms with Gasteiger partial charge >= 0.3 is 0 Å². The van der Waals surface area contributed by atoms with Crippen molar-refractivity contribution >= 4 is 0 Å². The maximum atomic E-state index is 5.71. The van der Waals surface area contributed by atoms with E-state index >= 15 is 0 Å². The first-order valence-electron chi connectivity index (χ1n) is 10.6. The molecule has 0 radical (unpaired) electrons. The lowest BCUT2D eigenvalue weighted by Crippen LogP contribution is -1.93. The van der Waals surface area contributed by atoms with Gasteiger partial charge in [-0.1, -0.05) is 12.1 Å². The highest BCUT2D eigenvalue weighted by Crippen LogP contribution is 2.25. The topological polar surface area (TPSA) is 71.9 Å². The molecule has 0 N–H and O–H groups in total. The molecule has 0 aliphatic heterocycles. The smallest absolute Gasteiger partial charge is 0.145 e. The van der Waals surface area contributed by atoms with Gasteiger partial charge in [0.1, 0.15) is 59.9 Å². The number of hydrogen-bond acceptors (Lipinski definition) is 7. The summed E-state index contributed by atoms with van der Waals surface area (Å²) in [7, 11) is 0. The Morgan fingerprint density at radius 1 is 0.543 bits per heavy atom. The predicted octanol–water partition coefficient (Wildman–Crippen LogP) is 5.46. The molecular formula is C28H20N2O5. The van der Waals surface area contributed by atoms with Crippen LogP contribution in [0.2, 0.25) is 0 Å². The third-order valence-corrected chi connectivity index (χ3v) is 4.18. The van der Waals surface area contributed by atoms with E-state index in [-0.39, 0.29) is 13.2 Å². The summed E-state index contributed by atoms with van der Waals surface area (Å²) in [6.45, 7) is 0.323. The molecular weight excluding hydrogens is 444 g/mol. The van der Waals surface area contributed by atoms with Gasteiger partial charge in [0.05, 0.1) is 12.4 Å². The molecule has 2 aromatic carbocycles. The summed E-state index contributed by atoms with van der Waals surface area (Å²) in [6, 6.07) is 21.6. The second kappa shape index (κ2) is 12.9. The van der Waals surface area contributed by atoms with Gasteiger partial charge in [0, 0.05) is 24.5 Å². The lowest BCUT2D eigenvalue weighted by Gasteiger charge is -2.05. The number of ether oxygens (including phenoxy) is 5. The summed E-state index contributed by atoms with van der Waals surface area (Å²) in [5, 5.41) is 0. The highest BCUT2D eigenvalue weighted by Gasteiger charge is 2.00. The zero-order valence-corrected chi connectivity index (χ0v) is 18.6. The minimum atomic E-state index is 0.162. The van der Waals surface area contributed by atoms with Crippen molar-refractivity contribution in [3.8, 4) is 58.6 Å². The highest BCUT2D eigenvalue weighted by atomic mass is 16.5. The Morgan fingerprint density at radius 2 is 1.00 bits per heavy atom. The number of nitrogens with zero attached hydrogens (tertiary/aromatic N) is 2. The summed E-state index contributed by atoms with van der Waals surface area (Å²) >= 11 is 0. The van der Waals surface area contributed by atoms with E-state index in [4.69, 9.17) is 23.7 Å². The molecule has 0 atom stereocenters. The van der Waals surface area contributed by atoms with Crippen molar-refractivity contribution in [2.24, 2.45) is 0 Å². The minimum absolute atomic E-state index is 0.162. The van der Waals surface area contributed by atoms with Gasteiger partial charge in [0.15, 0.2) is 0 Å². The molecule has 0 amide bonds. The van der Waals surface area contributed by atoms with Crippen LogP contribution in [0.4, 0.5) is 0 Å². The number of hydrogen-bond donors (Lipinski definition) is 0. The summed E-state index contributed by atoms with van der Waals surface area (Å²) in [4.78, 5) is 8.03. The van der Waals surface area contributed by atoms with Gasteiger partial charge in [0.25, 0.3) is 0 Å². The summed E-state index contributed by atoms with van der Waals surface area (Å²) in [5.74, 6) is 9.17. The molecule has 0 fully saturated rings. The lowest BCUT2D eigenvalue weighted by atomic mass is 10.3. The van der Waals surface area contributed by atoms with Crippen molar-refractivity contribution in [3.05, 3.63) is 97.6 Å². The number of benzene rings is 2. The van der Waals surface area contributed by atoms with Crippen molar-refractivity contribution in [1.82, 2.24) is 9.97 Å². The van der Waals surface area contributed by atoms with Crippen LogP contribution in [-0.2, 0) is 4.74 Å². The van der Waals surface area contributed by atoms with E-state index in [1.54, 1.807) is 61.2 Å². The third-order valence-electron chi connectivity index (χ3n) is 4.18. The zero-order chi connectivity index (χ0) is 24.0. The van der Waals surface area contributed by atoms with E-state index in [1.807, 2.05) is 36.4 Å². The van der Waals surface area contributed by atoms with E-state index in [2.05, 4.69) is 34.0 Å². The average molecular weight is 464 g/mol. The van der Waals surface area contributed by atoms with Crippen LogP contribution in [0, 0.1) is 24.1 Å². The Hall–Kier alpha value is -4.98. The number of aromatic nitrogens is 2. The quantitative estimate of drug-likeness (QED) is 0.253. The molecule has 2 aromatic heterocycles. The molecule has 0 unspecified atom stereocenters. The number of rotatable bonds is 8. The van der Waals surface area contributed by atoms with Crippen molar-refractivity contribution < 1.29 is 23.7 Å². The first kappa shape index (κ1) is 23.2. The first-order chi connectivity index (χ1) is 17.3. The fraction of sp³-hybridized carbons (Fsp3) is 0.0714. The van der Waals surface area contributed by atoms with Gasteiger partial charge in [-0.3, -0.25) is 9.97 Å². The van der Waals surface area contributed by atoms with Crippen LogP contribution in [-0.4, -0.2) is 23.2 Å². The molecule has 4 aromatic rings. The fourth-order valence-corrected chi connectivity index (χ4v) is 2.69. The van der Waals surface area contributed by atoms with Crippen LogP contribution in [0.5, 0.6) is 34.5 Å². The molecule has 0 saturated heterocycles. The monoisotopic (exact) mass is 464 g/mol. The van der Waals surface area contributed by atoms with Crippen LogP contribution in [0.25, 0.3) is 0 Å². The van der Waals surface area contributed by atoms with Gasteiger partial charge in [-0.25, -0.2) is 0 Å². The Balaban J connectivity index is 1.16. The molecule has 7 nitrogen and oxygen atoms in total. The minimum Gasteiger partial charge on any atom is -0.456 e. The van der Waals surface area contributed by atoms with Crippen molar-refractivity contribution in [3.63, 3.8) is 0 Å². The van der Waals surface area contributed by atoms with Gasteiger partial charge in [-0.15, -0.1) is 0 Å². The second-order valence-corrected chi connectivity index (χ2v) is 6.79. The van der Waals surface area contributed by atoms with Gasteiger partial charge < -0.3 is 23.7 Å². The first-order valence-corrected chi connectivity index (χ1v) is 10.6. The van der Waals surface area contributed by atoms with Crippen molar-refractivity contribution in [2.45, 2.75) is 0 Å². The van der Waals surface area contributed by atoms with Crippen LogP contribution in [0.3, 0.4) is 0 Å². The molecule has 0 aliphatic rings. The summed E-state index contributed by atoms with van der Waals surface area (Å²) in [5.41, 5.74) is 0. The standard InChI is InChI=1S/C28H20N2O5/c1-7-23(19-25(9-1)34-27-11-3-13-29-21-27)32-17-5-15-31-16-6-18-33-24-8-2-10-26(20-24)35-28-12-4-14-30-22-28/h1-4,7-14,19-22H,15-16H2. The largest absolute Gasteiger partial charge is 0.456 e. The highest BCUT2D eigenvalue weighted by molar-refractivity contribution is 5.37. The zero-order valence-electron chi connectivity index (χ0n) is 18.6. The third kappa shape index (κ3) is 8.14. The Kier molecular flexibility index (Phi) is 8.55. The van der Waals surface area contributed by atoms with Crippen molar-refractivity contribution in [1.29, 1.82) is 0 Å². The van der Waals surface area contributed by atoms with Gasteiger partial charge in [-0.2, -0.15) is 0 Å². The van der Waals surface area contributed by atoms with Crippen LogP contribution < -0.4 is 18.9 Å². The van der Waals surface area contributed by atoms with Crippen LogP contribution >= 0.6 is 0 Å². The fourth-order valence-electron chi connectivity index (χ4n) is 2.69. The average Bonchev–Trinajstić information content (AvgIpc) is 2.89. The van der Waals surface area contributed by atoms with E-state index < -0.39 is 0 Å². The van der Waals surface area contributed by atoms with E-state index in [1.165, 1.54) is 0 Å². The van der Waals surface area contributed by atoms with E-state index in [0.29, 0.717) is 34.5 Å². The molecule has 4 rings (SSSR count). The maximum absolute atomic E-state index is 5.71. The second-order valence-electron chi connectivity index (χ2n) is 6.79. The molecule has 172 valence electrons. The summed E-state index contributed by atoms with van der Waals surface area (Å²) in [6.07, 6.45) is 11.8. The maximum Gasteiger partial charge on any atom is 0.145 e. The molecule has 0 saturated carbocycles. The molecule has 0 aliphatic carbocycles. The van der Waals surface area contributed by atoms with E-state index in [0.717, 1.165) is 0 Å². The molecule has 0 bridgehead atoms. The summed E-state index contributed by atoms with van der Waals surface area (Å²) < 4.78 is 27.6. The molecule has 7 heteroatoms. The Labute approximate surface area is 203 Å². The molecule has 2 heterocycles. The van der Waals surface area contributed by atoms with Crippen molar-refractivity contribution in [2.75, 3.05) is 13.2 Å². The molecule has 0 spiro atoms. The lowest BCUT2D eigenvalue weighted by molar-refractivity contribution is 0.203. The normalized spacial score (nSPS) is 9.60. The Morgan fingerprint density at radius 3 is 1.46 bits per heavy atom.